The van der Waals surface area contributed by atoms with E-state index in [9.17, 15) is 4.79 Å². The predicted molar refractivity (Wildman–Crippen MR) is 74.3 cm³/mol. The molecular formula is C14H21N3O2. The molecule has 5 heteroatoms. The first-order valence-corrected chi connectivity index (χ1v) is 6.74. The van der Waals surface area contributed by atoms with E-state index in [0.29, 0.717) is 6.54 Å². The van der Waals surface area contributed by atoms with Crippen LogP contribution in [0, 0.1) is 0 Å². The lowest BCUT2D eigenvalue weighted by Gasteiger charge is -2.26. The number of hydrogen-bond acceptors (Lipinski definition) is 3. The maximum absolute atomic E-state index is 10.5. The van der Waals surface area contributed by atoms with Crippen molar-refractivity contribution in [3.63, 3.8) is 0 Å². The zero-order valence-electron chi connectivity index (χ0n) is 11.0. The average molecular weight is 263 g/mol. The molecule has 1 unspecified atom stereocenters. The molecule has 0 bridgehead atoms. The van der Waals surface area contributed by atoms with Crippen molar-refractivity contribution < 1.29 is 9.53 Å². The molecule has 104 valence electrons. The molecule has 5 nitrogen and oxygen atoms in total. The molecule has 0 saturated carbocycles. The number of primary amides is 1. The summed E-state index contributed by atoms with van der Waals surface area (Å²) in [6.07, 6.45) is 3.22. The monoisotopic (exact) mass is 263 g/mol. The molecule has 4 N–H and O–H groups in total. The number of carbonyl (C=O) groups excluding carboxylic acids is 1. The number of aryl methyl sites for hydroxylation is 1. The van der Waals surface area contributed by atoms with E-state index in [1.807, 2.05) is 18.2 Å². The van der Waals surface area contributed by atoms with Crippen LogP contribution in [0.5, 0.6) is 5.75 Å². The topological polar surface area (TPSA) is 76.4 Å². The van der Waals surface area contributed by atoms with Crippen LogP contribution in [0.1, 0.15) is 18.4 Å². The standard InChI is InChI=1S/C14H21N3O2/c15-14(18)17-9-3-8-16-10-12-7-6-11-4-1-2-5-13(11)19-12/h1-2,4-5,12,16H,3,6-10H2,(H3,15,17,18). The van der Waals surface area contributed by atoms with E-state index >= 15 is 0 Å². The number of para-hydroxylation sites is 1. The molecule has 0 aliphatic carbocycles. The van der Waals surface area contributed by atoms with Crippen LogP contribution in [0.15, 0.2) is 24.3 Å². The molecule has 0 radical (unpaired) electrons. The van der Waals surface area contributed by atoms with Crippen molar-refractivity contribution in [3.05, 3.63) is 29.8 Å². The van der Waals surface area contributed by atoms with Gasteiger partial charge in [0, 0.05) is 13.1 Å². The van der Waals surface area contributed by atoms with E-state index in [2.05, 4.69) is 16.7 Å². The molecule has 0 spiro atoms. The molecule has 19 heavy (non-hydrogen) atoms. The molecule has 1 heterocycles. The number of amides is 2. The number of hydrogen-bond donors (Lipinski definition) is 3. The fraction of sp³-hybridized carbons (Fsp3) is 0.500. The average Bonchev–Trinajstić information content (AvgIpc) is 2.42. The lowest BCUT2D eigenvalue weighted by molar-refractivity contribution is 0.170. The summed E-state index contributed by atoms with van der Waals surface area (Å²) >= 11 is 0. The van der Waals surface area contributed by atoms with Gasteiger partial charge < -0.3 is 21.1 Å². The zero-order valence-corrected chi connectivity index (χ0v) is 11.0. The first-order valence-electron chi connectivity index (χ1n) is 6.74. The molecule has 0 aromatic heterocycles. The van der Waals surface area contributed by atoms with Crippen LogP contribution in [0.2, 0.25) is 0 Å². The van der Waals surface area contributed by atoms with Crippen LogP contribution >= 0.6 is 0 Å². The minimum atomic E-state index is -0.466. The maximum atomic E-state index is 10.5. The van der Waals surface area contributed by atoms with Gasteiger partial charge in [0.25, 0.3) is 0 Å². The molecule has 2 rings (SSSR count). The highest BCUT2D eigenvalue weighted by molar-refractivity contribution is 5.71. The van der Waals surface area contributed by atoms with Crippen LogP contribution < -0.4 is 21.1 Å². The van der Waals surface area contributed by atoms with Gasteiger partial charge in [0.1, 0.15) is 11.9 Å². The Balaban J connectivity index is 1.62. The summed E-state index contributed by atoms with van der Waals surface area (Å²) in [6, 6.07) is 7.73. The summed E-state index contributed by atoms with van der Waals surface area (Å²) in [5.74, 6) is 1.01. The lowest BCUT2D eigenvalue weighted by atomic mass is 10.0. The highest BCUT2D eigenvalue weighted by atomic mass is 16.5. The van der Waals surface area contributed by atoms with Gasteiger partial charge >= 0.3 is 6.03 Å². The summed E-state index contributed by atoms with van der Waals surface area (Å²) in [5.41, 5.74) is 6.27. The van der Waals surface area contributed by atoms with Gasteiger partial charge in [-0.2, -0.15) is 0 Å². The third-order valence-electron chi connectivity index (χ3n) is 3.20. The fourth-order valence-corrected chi connectivity index (χ4v) is 2.21. The number of nitrogens with one attached hydrogen (secondary N) is 2. The fourth-order valence-electron chi connectivity index (χ4n) is 2.21. The van der Waals surface area contributed by atoms with Gasteiger partial charge in [-0.3, -0.25) is 0 Å². The second-order valence-electron chi connectivity index (χ2n) is 4.73. The van der Waals surface area contributed by atoms with E-state index in [4.69, 9.17) is 10.5 Å². The van der Waals surface area contributed by atoms with Crippen molar-refractivity contribution in [1.82, 2.24) is 10.6 Å². The van der Waals surface area contributed by atoms with E-state index < -0.39 is 6.03 Å². The van der Waals surface area contributed by atoms with Gasteiger partial charge in [-0.25, -0.2) is 4.79 Å². The van der Waals surface area contributed by atoms with Gasteiger partial charge in [0.2, 0.25) is 0 Å². The summed E-state index contributed by atoms with van der Waals surface area (Å²) in [5, 5.41) is 5.91. The Kier molecular flexibility index (Phi) is 5.03. The molecule has 1 aromatic carbocycles. The molecule has 0 saturated heterocycles. The van der Waals surface area contributed by atoms with Crippen LogP contribution in [0.4, 0.5) is 4.79 Å². The van der Waals surface area contributed by atoms with E-state index in [1.54, 1.807) is 0 Å². The van der Waals surface area contributed by atoms with Gasteiger partial charge in [-0.1, -0.05) is 18.2 Å². The molecule has 1 aliphatic rings. The summed E-state index contributed by atoms with van der Waals surface area (Å²) in [4.78, 5) is 10.5. The third-order valence-corrected chi connectivity index (χ3v) is 3.20. The number of fused-ring (bicyclic) bond motifs is 1. The molecular weight excluding hydrogens is 242 g/mol. The Morgan fingerprint density at radius 2 is 2.21 bits per heavy atom. The quantitative estimate of drug-likeness (QED) is 0.671. The number of ether oxygens (including phenoxy) is 1. The van der Waals surface area contributed by atoms with E-state index in [-0.39, 0.29) is 6.10 Å². The smallest absolute Gasteiger partial charge is 0.312 e. The minimum absolute atomic E-state index is 0.235. The highest BCUT2D eigenvalue weighted by Gasteiger charge is 2.18. The molecule has 0 fully saturated rings. The Labute approximate surface area is 113 Å². The van der Waals surface area contributed by atoms with Crippen LogP contribution in [0.25, 0.3) is 0 Å². The van der Waals surface area contributed by atoms with Crippen molar-refractivity contribution in [2.24, 2.45) is 5.73 Å². The maximum Gasteiger partial charge on any atom is 0.312 e. The zero-order chi connectivity index (χ0) is 13.5. The van der Waals surface area contributed by atoms with Crippen LogP contribution in [-0.4, -0.2) is 31.8 Å². The van der Waals surface area contributed by atoms with Crippen LogP contribution in [-0.2, 0) is 6.42 Å². The third kappa shape index (κ3) is 4.44. The van der Waals surface area contributed by atoms with Gasteiger partial charge in [0.15, 0.2) is 0 Å². The number of benzene rings is 1. The molecule has 1 atom stereocenters. The van der Waals surface area contributed by atoms with Crippen molar-refractivity contribution in [1.29, 1.82) is 0 Å². The number of carbonyl (C=O) groups is 1. The molecule has 1 aromatic rings. The van der Waals surface area contributed by atoms with Crippen molar-refractivity contribution in [3.8, 4) is 5.75 Å². The van der Waals surface area contributed by atoms with Gasteiger partial charge in [-0.15, -0.1) is 0 Å². The van der Waals surface area contributed by atoms with Gasteiger partial charge in [-0.05, 0) is 37.4 Å². The minimum Gasteiger partial charge on any atom is -0.489 e. The summed E-state index contributed by atoms with van der Waals surface area (Å²) in [6.45, 7) is 2.30. The lowest BCUT2D eigenvalue weighted by Crippen LogP contribution is -2.36. The number of rotatable bonds is 6. The Hall–Kier alpha value is -1.75. The summed E-state index contributed by atoms with van der Waals surface area (Å²) in [7, 11) is 0. The largest absolute Gasteiger partial charge is 0.489 e. The van der Waals surface area contributed by atoms with Gasteiger partial charge in [0.05, 0.1) is 0 Å². The van der Waals surface area contributed by atoms with E-state index in [1.165, 1.54) is 5.56 Å². The Morgan fingerprint density at radius 1 is 1.37 bits per heavy atom. The highest BCUT2D eigenvalue weighted by Crippen LogP contribution is 2.26. The predicted octanol–water partition coefficient (Wildman–Crippen LogP) is 1.03. The first-order chi connectivity index (χ1) is 9.25. The van der Waals surface area contributed by atoms with Crippen LogP contribution in [0.3, 0.4) is 0 Å². The number of urea groups is 1. The normalized spacial score (nSPS) is 17.4. The summed E-state index contributed by atoms with van der Waals surface area (Å²) < 4.78 is 5.92. The molecule has 1 aliphatic heterocycles. The van der Waals surface area contributed by atoms with Crippen molar-refractivity contribution in [2.45, 2.75) is 25.4 Å². The second-order valence-corrected chi connectivity index (χ2v) is 4.73. The van der Waals surface area contributed by atoms with Crippen molar-refractivity contribution in [2.75, 3.05) is 19.6 Å². The number of nitrogens with two attached hydrogens (primary N) is 1. The Morgan fingerprint density at radius 3 is 3.05 bits per heavy atom. The second kappa shape index (κ2) is 6.99. The SMILES string of the molecule is NC(=O)NCCCNCC1CCc2ccccc2O1. The Bertz CT molecular complexity index is 423. The molecule has 2 amide bonds. The van der Waals surface area contributed by atoms with E-state index in [0.717, 1.165) is 38.1 Å². The first kappa shape index (κ1) is 13.7. The van der Waals surface area contributed by atoms with Crippen molar-refractivity contribution >= 4 is 6.03 Å².